The van der Waals surface area contributed by atoms with Crippen molar-refractivity contribution in [1.82, 2.24) is 9.97 Å². The summed E-state index contributed by atoms with van der Waals surface area (Å²) in [4.78, 5) is 21.1. The Bertz CT molecular complexity index is 661. The second kappa shape index (κ2) is 5.95. The highest BCUT2D eigenvalue weighted by atomic mass is 16.1. The van der Waals surface area contributed by atoms with Crippen LogP contribution in [0.2, 0.25) is 0 Å². The van der Waals surface area contributed by atoms with Crippen LogP contribution in [0.3, 0.4) is 0 Å². The fraction of sp³-hybridized carbons (Fsp3) is 0.353. The third kappa shape index (κ3) is 2.77. The summed E-state index contributed by atoms with van der Waals surface area (Å²) < 4.78 is 0. The van der Waals surface area contributed by atoms with E-state index in [1.807, 2.05) is 18.2 Å². The lowest BCUT2D eigenvalue weighted by Crippen LogP contribution is -2.05. The highest BCUT2D eigenvalue weighted by molar-refractivity contribution is 6.09. The van der Waals surface area contributed by atoms with Gasteiger partial charge in [0.05, 0.1) is 11.0 Å². The Morgan fingerprint density at radius 1 is 0.950 bits per heavy atom. The molecule has 3 rings (SSSR count). The molecule has 0 radical (unpaired) electrons. The minimum Gasteiger partial charge on any atom is -0.289 e. The van der Waals surface area contributed by atoms with Gasteiger partial charge in [0.2, 0.25) is 0 Å². The highest BCUT2D eigenvalue weighted by Gasteiger charge is 2.14. The van der Waals surface area contributed by atoms with E-state index in [1.54, 1.807) is 12.4 Å². The Morgan fingerprint density at radius 2 is 1.75 bits per heavy atom. The topological polar surface area (TPSA) is 42.9 Å². The molecule has 3 heteroatoms. The standard InChI is InChI=1S/C17H18N2O/c20-17(13-6-4-2-1-3-5-7-13)14-8-9-15-16(12-14)19-11-10-18-15/h6,8-12H,1-5,7H2/b13-6+. The normalized spacial score (nSPS) is 18.9. The van der Waals surface area contributed by atoms with Crippen LogP contribution in [0.1, 0.15) is 48.9 Å². The molecule has 0 unspecified atom stereocenters. The van der Waals surface area contributed by atoms with Gasteiger partial charge in [-0.2, -0.15) is 0 Å². The predicted octanol–water partition coefficient (Wildman–Crippen LogP) is 4.09. The van der Waals surface area contributed by atoms with E-state index in [4.69, 9.17) is 0 Å². The molecule has 3 nitrogen and oxygen atoms in total. The van der Waals surface area contributed by atoms with Gasteiger partial charge in [0.25, 0.3) is 0 Å². The molecule has 1 aromatic heterocycles. The summed E-state index contributed by atoms with van der Waals surface area (Å²) in [5, 5.41) is 0. The first kappa shape index (κ1) is 13.0. The number of aromatic nitrogens is 2. The van der Waals surface area contributed by atoms with Gasteiger partial charge in [-0.15, -0.1) is 0 Å². The van der Waals surface area contributed by atoms with Crippen molar-refractivity contribution >= 4 is 16.8 Å². The molecule has 0 fully saturated rings. The van der Waals surface area contributed by atoms with E-state index in [1.165, 1.54) is 19.3 Å². The monoisotopic (exact) mass is 266 g/mol. The Balaban J connectivity index is 1.91. The number of benzene rings is 1. The summed E-state index contributed by atoms with van der Waals surface area (Å²) >= 11 is 0. The van der Waals surface area contributed by atoms with Crippen LogP contribution in [-0.2, 0) is 0 Å². The van der Waals surface area contributed by atoms with Gasteiger partial charge in [-0.1, -0.05) is 18.9 Å². The van der Waals surface area contributed by atoms with Gasteiger partial charge in [-0.3, -0.25) is 14.8 Å². The molecule has 0 spiro atoms. The van der Waals surface area contributed by atoms with Gasteiger partial charge in [0.1, 0.15) is 0 Å². The van der Waals surface area contributed by atoms with E-state index in [2.05, 4.69) is 16.0 Å². The van der Waals surface area contributed by atoms with Crippen LogP contribution < -0.4 is 0 Å². The van der Waals surface area contributed by atoms with Crippen LogP contribution in [0, 0.1) is 0 Å². The number of carbonyl (C=O) groups is 1. The average molecular weight is 266 g/mol. The molecule has 2 aromatic rings. The van der Waals surface area contributed by atoms with E-state index < -0.39 is 0 Å². The first-order valence-electron chi connectivity index (χ1n) is 7.29. The number of Topliss-reactive ketones (excluding diaryl/α,β-unsaturated/α-hetero) is 1. The number of rotatable bonds is 2. The van der Waals surface area contributed by atoms with E-state index >= 15 is 0 Å². The van der Waals surface area contributed by atoms with Gasteiger partial charge >= 0.3 is 0 Å². The number of nitrogens with zero attached hydrogens (tertiary/aromatic N) is 2. The lowest BCUT2D eigenvalue weighted by molar-refractivity contribution is 0.102. The van der Waals surface area contributed by atoms with E-state index in [9.17, 15) is 4.79 Å². The quantitative estimate of drug-likeness (QED) is 0.769. The van der Waals surface area contributed by atoms with Crippen molar-refractivity contribution in [1.29, 1.82) is 0 Å². The molecule has 1 aromatic carbocycles. The SMILES string of the molecule is O=C(/C1=C/CCCCCC1)c1ccc2nccnc2c1. The van der Waals surface area contributed by atoms with Crippen LogP contribution >= 0.6 is 0 Å². The number of carbonyl (C=O) groups excluding carboxylic acids is 1. The lowest BCUT2D eigenvalue weighted by atomic mass is 9.94. The second-order valence-corrected chi connectivity index (χ2v) is 5.27. The zero-order valence-electron chi connectivity index (χ0n) is 11.5. The largest absolute Gasteiger partial charge is 0.289 e. The molecule has 0 bridgehead atoms. The summed E-state index contributed by atoms with van der Waals surface area (Å²) in [5.41, 5.74) is 3.30. The van der Waals surface area contributed by atoms with Crippen molar-refractivity contribution in [2.24, 2.45) is 0 Å². The van der Waals surface area contributed by atoms with E-state index in [0.717, 1.165) is 41.4 Å². The van der Waals surface area contributed by atoms with Crippen molar-refractivity contribution < 1.29 is 4.79 Å². The van der Waals surface area contributed by atoms with Crippen LogP contribution in [-0.4, -0.2) is 15.8 Å². The molecule has 0 atom stereocenters. The van der Waals surface area contributed by atoms with E-state index in [0.29, 0.717) is 0 Å². The molecule has 1 heterocycles. The molecule has 0 aliphatic heterocycles. The summed E-state index contributed by atoms with van der Waals surface area (Å²) in [5.74, 6) is 0.152. The summed E-state index contributed by atoms with van der Waals surface area (Å²) in [7, 11) is 0. The molecule has 1 aliphatic carbocycles. The molecule has 0 saturated heterocycles. The van der Waals surface area contributed by atoms with Gasteiger partial charge in [-0.25, -0.2) is 0 Å². The Kier molecular flexibility index (Phi) is 3.86. The van der Waals surface area contributed by atoms with Crippen molar-refractivity contribution in [3.05, 3.63) is 47.8 Å². The number of ketones is 1. The Morgan fingerprint density at radius 3 is 2.65 bits per heavy atom. The molecule has 1 aliphatic rings. The van der Waals surface area contributed by atoms with Crippen LogP contribution in [0.5, 0.6) is 0 Å². The number of hydrogen-bond donors (Lipinski definition) is 0. The molecular formula is C17H18N2O. The maximum atomic E-state index is 12.6. The minimum atomic E-state index is 0.152. The van der Waals surface area contributed by atoms with Crippen LogP contribution in [0.4, 0.5) is 0 Å². The summed E-state index contributed by atoms with van der Waals surface area (Å²) in [6, 6.07) is 5.59. The zero-order valence-corrected chi connectivity index (χ0v) is 11.5. The fourth-order valence-electron chi connectivity index (χ4n) is 2.69. The smallest absolute Gasteiger partial charge is 0.188 e. The number of hydrogen-bond acceptors (Lipinski definition) is 3. The first-order valence-corrected chi connectivity index (χ1v) is 7.29. The lowest BCUT2D eigenvalue weighted by Gasteiger charge is -2.10. The summed E-state index contributed by atoms with van der Waals surface area (Å²) in [6.07, 6.45) is 12.2. The second-order valence-electron chi connectivity index (χ2n) is 5.27. The predicted molar refractivity (Wildman–Crippen MR) is 79.7 cm³/mol. The zero-order chi connectivity index (χ0) is 13.8. The van der Waals surface area contributed by atoms with E-state index in [-0.39, 0.29) is 5.78 Å². The average Bonchev–Trinajstić information content (AvgIpc) is 2.46. The van der Waals surface area contributed by atoms with Crippen molar-refractivity contribution in [3.63, 3.8) is 0 Å². The Hall–Kier alpha value is -2.03. The summed E-state index contributed by atoms with van der Waals surface area (Å²) in [6.45, 7) is 0. The third-order valence-corrected chi connectivity index (χ3v) is 3.81. The van der Waals surface area contributed by atoms with Gasteiger partial charge in [0.15, 0.2) is 5.78 Å². The molecule has 0 amide bonds. The molecule has 0 saturated carbocycles. The maximum Gasteiger partial charge on any atom is 0.188 e. The molecule has 102 valence electrons. The first-order chi connectivity index (χ1) is 9.84. The molecule has 0 N–H and O–H groups in total. The third-order valence-electron chi connectivity index (χ3n) is 3.81. The van der Waals surface area contributed by atoms with Crippen LogP contribution in [0.25, 0.3) is 11.0 Å². The van der Waals surface area contributed by atoms with Crippen molar-refractivity contribution in [2.45, 2.75) is 38.5 Å². The number of fused-ring (bicyclic) bond motifs is 1. The molecular weight excluding hydrogens is 248 g/mol. The number of allylic oxidation sites excluding steroid dienone is 2. The maximum absolute atomic E-state index is 12.6. The van der Waals surface area contributed by atoms with Gasteiger partial charge in [-0.05, 0) is 49.5 Å². The van der Waals surface area contributed by atoms with Gasteiger partial charge < -0.3 is 0 Å². The minimum absolute atomic E-state index is 0.152. The van der Waals surface area contributed by atoms with Crippen molar-refractivity contribution in [3.8, 4) is 0 Å². The molecule has 20 heavy (non-hydrogen) atoms. The van der Waals surface area contributed by atoms with Crippen molar-refractivity contribution in [2.75, 3.05) is 0 Å². The highest BCUT2D eigenvalue weighted by Crippen LogP contribution is 2.21. The van der Waals surface area contributed by atoms with Gasteiger partial charge in [0, 0.05) is 18.0 Å². The Labute approximate surface area is 118 Å². The fourth-order valence-corrected chi connectivity index (χ4v) is 2.69. The van der Waals surface area contributed by atoms with Crippen LogP contribution in [0.15, 0.2) is 42.2 Å².